The Bertz CT molecular complexity index is 622. The van der Waals surface area contributed by atoms with Crippen molar-refractivity contribution < 1.29 is 26.0 Å². The lowest BCUT2D eigenvalue weighted by molar-refractivity contribution is -0.127. The third kappa shape index (κ3) is 30.6. The molecule has 1 fully saturated rings. The molecule has 1 aliphatic heterocycles. The Kier molecular flexibility index (Phi) is 43.8. The number of thiol groups is 1. The molecule has 0 bridgehead atoms. The van der Waals surface area contributed by atoms with E-state index in [0.29, 0.717) is 6.42 Å². The molecule has 232 valence electrons. The van der Waals surface area contributed by atoms with Crippen LogP contribution < -0.4 is 16.0 Å². The van der Waals surface area contributed by atoms with Gasteiger partial charge in [-0.3, -0.25) is 9.59 Å². The molecule has 1 saturated heterocycles. The average Bonchev–Trinajstić information content (AvgIpc) is 2.83. The topological polar surface area (TPSA) is 165 Å². The summed E-state index contributed by atoms with van der Waals surface area (Å²) in [6.45, 7) is 30.1. The fraction of sp³-hybridized carbons (Fsp3) is 0.724. The number of amides is 2. The van der Waals surface area contributed by atoms with Crippen LogP contribution in [0.3, 0.4) is 0 Å². The van der Waals surface area contributed by atoms with Crippen molar-refractivity contribution in [3.8, 4) is 0 Å². The van der Waals surface area contributed by atoms with E-state index in [1.807, 2.05) is 81.4 Å². The highest BCUT2D eigenvalue weighted by atomic mass is 32.1. The number of nitrogens with one attached hydrogen (secondary N) is 3. The lowest BCUT2D eigenvalue weighted by Gasteiger charge is -2.23. The van der Waals surface area contributed by atoms with E-state index in [9.17, 15) is 9.59 Å². The van der Waals surface area contributed by atoms with E-state index in [1.165, 1.54) is 25.9 Å². The van der Waals surface area contributed by atoms with Gasteiger partial charge in [-0.1, -0.05) is 88.8 Å². The quantitative estimate of drug-likeness (QED) is 0.268. The Labute approximate surface area is 240 Å². The summed E-state index contributed by atoms with van der Waals surface area (Å²) in [4.78, 5) is 23.2. The summed E-state index contributed by atoms with van der Waals surface area (Å²) < 4.78 is 0. The number of allylic oxidation sites excluding steroid dienone is 4. The average molecular weight is 568 g/mol. The second-order valence-corrected chi connectivity index (χ2v) is 9.47. The third-order valence-corrected chi connectivity index (χ3v) is 4.90. The van der Waals surface area contributed by atoms with Crippen molar-refractivity contribution in [1.29, 1.82) is 0 Å². The Hall–Kier alpha value is -1.65. The van der Waals surface area contributed by atoms with Crippen LogP contribution in [0.4, 0.5) is 0 Å². The van der Waals surface area contributed by atoms with Crippen LogP contribution in [-0.4, -0.2) is 47.6 Å². The Morgan fingerprint density at radius 1 is 0.974 bits per heavy atom. The van der Waals surface area contributed by atoms with Gasteiger partial charge in [0.1, 0.15) is 0 Å². The fourth-order valence-electron chi connectivity index (χ4n) is 2.37. The predicted octanol–water partition coefficient (Wildman–Crippen LogP) is 4.81. The van der Waals surface area contributed by atoms with E-state index in [0.717, 1.165) is 17.2 Å². The van der Waals surface area contributed by atoms with Gasteiger partial charge in [0.25, 0.3) is 0 Å². The SMILES string of the molecule is C=C(/C=C(\C)NC(=O)C(C)(C)C)C(C)(C)/C=C/NC(=O)CC.CC.CC.CC1CCNCC1.CS.O.O.O. The maximum atomic E-state index is 11.9. The molecule has 0 spiro atoms. The monoisotopic (exact) mass is 567 g/mol. The van der Waals surface area contributed by atoms with Gasteiger partial charge in [-0.2, -0.15) is 12.6 Å². The molecule has 0 radical (unpaired) electrons. The first-order chi connectivity index (χ1) is 16.3. The van der Waals surface area contributed by atoms with Crippen molar-refractivity contribution in [3.63, 3.8) is 0 Å². The lowest BCUT2D eigenvalue weighted by atomic mass is 9.84. The molecule has 8 nitrogen and oxygen atoms in total. The molecule has 38 heavy (non-hydrogen) atoms. The zero-order chi connectivity index (χ0) is 28.7. The molecular weight excluding hydrogens is 502 g/mol. The second-order valence-electron chi connectivity index (χ2n) is 9.47. The Morgan fingerprint density at radius 3 is 1.71 bits per heavy atom. The molecule has 9 heteroatoms. The van der Waals surface area contributed by atoms with Crippen LogP contribution in [0.1, 0.15) is 102 Å². The standard InChI is InChI=1S/C18H30N2O2.C6H13N.2C2H6.CH4S.3H2O/c1-9-15(21)19-11-10-18(7,8)13(2)12-14(3)20-16(22)17(4,5)6;1-6-2-4-7-5-3-6;3*1-2;;;/h10-12H,2,9H2,1,3-8H3,(H,19,21)(H,20,22);6-7H,2-5H2,1H3;2*1-2H3;2H,1H3;3*1H2/b11-10+,14-12+;;;;;;;. The minimum atomic E-state index is -0.434. The first-order valence-electron chi connectivity index (χ1n) is 13.1. The van der Waals surface area contributed by atoms with Crippen LogP contribution in [0.5, 0.6) is 0 Å². The lowest BCUT2D eigenvalue weighted by Crippen LogP contribution is -2.33. The summed E-state index contributed by atoms with van der Waals surface area (Å²) in [5.74, 6) is 0.917. The molecule has 0 saturated carbocycles. The van der Waals surface area contributed by atoms with Gasteiger partial charge >= 0.3 is 0 Å². The molecule has 1 heterocycles. The summed E-state index contributed by atoms with van der Waals surface area (Å²) >= 11 is 3.53. The normalized spacial score (nSPS) is 12.7. The first kappa shape index (κ1) is 52.7. The van der Waals surface area contributed by atoms with E-state index < -0.39 is 5.41 Å². The molecule has 0 aromatic carbocycles. The van der Waals surface area contributed by atoms with E-state index in [4.69, 9.17) is 0 Å². The van der Waals surface area contributed by atoms with Crippen molar-refractivity contribution in [1.82, 2.24) is 16.0 Å². The van der Waals surface area contributed by atoms with Gasteiger partial charge in [0.15, 0.2) is 0 Å². The maximum Gasteiger partial charge on any atom is 0.229 e. The van der Waals surface area contributed by atoms with Crippen LogP contribution in [0.15, 0.2) is 36.2 Å². The molecule has 0 aromatic heterocycles. The van der Waals surface area contributed by atoms with Gasteiger partial charge in [-0.15, -0.1) is 0 Å². The molecule has 9 N–H and O–H groups in total. The highest BCUT2D eigenvalue weighted by molar-refractivity contribution is 7.79. The van der Waals surface area contributed by atoms with Gasteiger partial charge < -0.3 is 32.4 Å². The number of carbonyl (C=O) groups is 2. The minimum Gasteiger partial charge on any atom is -0.412 e. The van der Waals surface area contributed by atoms with Crippen molar-refractivity contribution in [3.05, 3.63) is 36.2 Å². The number of carbonyl (C=O) groups excluding carboxylic acids is 2. The number of piperidine rings is 1. The first-order valence-corrected chi connectivity index (χ1v) is 14.0. The van der Waals surface area contributed by atoms with Crippen LogP contribution in [0, 0.1) is 16.7 Å². The fourth-order valence-corrected chi connectivity index (χ4v) is 2.37. The number of rotatable bonds is 6. The largest absolute Gasteiger partial charge is 0.412 e. The number of hydrogen-bond acceptors (Lipinski definition) is 4. The van der Waals surface area contributed by atoms with E-state index in [-0.39, 0.29) is 33.7 Å². The number of hydrogen-bond donors (Lipinski definition) is 4. The highest BCUT2D eigenvalue weighted by Gasteiger charge is 2.22. The van der Waals surface area contributed by atoms with Crippen molar-refractivity contribution in [2.75, 3.05) is 19.3 Å². The molecule has 0 unspecified atom stereocenters. The molecule has 2 amide bonds. The molecule has 0 aliphatic carbocycles. The van der Waals surface area contributed by atoms with Gasteiger partial charge in [0.05, 0.1) is 0 Å². The van der Waals surface area contributed by atoms with Gasteiger partial charge in [0.2, 0.25) is 11.8 Å². The minimum absolute atomic E-state index is 0. The van der Waals surface area contributed by atoms with Crippen LogP contribution in [-0.2, 0) is 9.59 Å². The summed E-state index contributed by atoms with van der Waals surface area (Å²) in [6, 6.07) is 0. The van der Waals surface area contributed by atoms with Gasteiger partial charge in [0, 0.05) is 29.1 Å². The second kappa shape index (κ2) is 31.6. The molecular formula is C29H65N3O5S. The maximum absolute atomic E-state index is 11.9. The molecule has 0 atom stereocenters. The van der Waals surface area contributed by atoms with Crippen LogP contribution in [0.2, 0.25) is 0 Å². The van der Waals surface area contributed by atoms with Gasteiger partial charge in [-0.05, 0) is 56.7 Å². The zero-order valence-corrected chi connectivity index (χ0v) is 27.7. The van der Waals surface area contributed by atoms with E-state index in [1.54, 1.807) is 19.4 Å². The zero-order valence-electron chi connectivity index (χ0n) is 26.8. The van der Waals surface area contributed by atoms with E-state index in [2.05, 4.69) is 42.1 Å². The Balaban J connectivity index is -0.000000101. The Morgan fingerprint density at radius 2 is 1.39 bits per heavy atom. The van der Waals surface area contributed by atoms with Gasteiger partial charge in [-0.25, -0.2) is 0 Å². The van der Waals surface area contributed by atoms with E-state index >= 15 is 0 Å². The summed E-state index contributed by atoms with van der Waals surface area (Å²) in [7, 11) is 0. The summed E-state index contributed by atoms with van der Waals surface area (Å²) in [5, 5.41) is 8.89. The molecule has 1 rings (SSSR count). The predicted molar refractivity (Wildman–Crippen MR) is 172 cm³/mol. The third-order valence-electron chi connectivity index (χ3n) is 4.90. The summed E-state index contributed by atoms with van der Waals surface area (Å²) in [6.07, 6.45) is 10.3. The smallest absolute Gasteiger partial charge is 0.229 e. The van der Waals surface area contributed by atoms with Crippen LogP contribution >= 0.6 is 12.6 Å². The van der Waals surface area contributed by atoms with Crippen molar-refractivity contribution in [2.24, 2.45) is 16.7 Å². The highest BCUT2D eigenvalue weighted by Crippen LogP contribution is 2.28. The van der Waals surface area contributed by atoms with Crippen molar-refractivity contribution >= 4 is 24.4 Å². The summed E-state index contributed by atoms with van der Waals surface area (Å²) in [5.41, 5.74) is 0.843. The van der Waals surface area contributed by atoms with Crippen molar-refractivity contribution in [2.45, 2.75) is 102 Å². The molecule has 1 aliphatic rings. The van der Waals surface area contributed by atoms with Crippen LogP contribution in [0.25, 0.3) is 0 Å². The molecule has 0 aromatic rings.